The van der Waals surface area contributed by atoms with Gasteiger partial charge in [-0.1, -0.05) is 35.2 Å². The van der Waals surface area contributed by atoms with Crippen LogP contribution in [0.2, 0.25) is 0 Å². The van der Waals surface area contributed by atoms with Crippen molar-refractivity contribution in [3.8, 4) is 5.75 Å². The lowest BCUT2D eigenvalue weighted by Gasteiger charge is -2.33. The Balaban J connectivity index is 1.23. The van der Waals surface area contributed by atoms with Crippen LogP contribution >= 0.6 is 15.9 Å². The second-order valence-electron chi connectivity index (χ2n) is 8.42. The van der Waals surface area contributed by atoms with Crippen LogP contribution in [0.3, 0.4) is 0 Å². The summed E-state index contributed by atoms with van der Waals surface area (Å²) in [6.07, 6.45) is 7.14. The summed E-state index contributed by atoms with van der Waals surface area (Å²) in [6, 6.07) is 11.2. The van der Waals surface area contributed by atoms with Gasteiger partial charge in [-0.3, -0.25) is 9.59 Å². The van der Waals surface area contributed by atoms with Crippen LogP contribution < -0.4 is 10.1 Å². The molecule has 1 aromatic heterocycles. The van der Waals surface area contributed by atoms with Crippen LogP contribution in [0.4, 0.5) is 0 Å². The van der Waals surface area contributed by atoms with Crippen molar-refractivity contribution in [2.24, 2.45) is 5.92 Å². The molecular weight excluding hydrogens is 460 g/mol. The van der Waals surface area contributed by atoms with Crippen molar-refractivity contribution in [2.75, 3.05) is 13.1 Å². The fraction of sp³-hybridized carbons (Fsp3) is 0.500. The van der Waals surface area contributed by atoms with E-state index in [0.29, 0.717) is 24.6 Å². The Kier molecular flexibility index (Phi) is 7.33. The molecule has 0 bridgehead atoms. The molecule has 4 rings (SSSR count). The lowest BCUT2D eigenvalue weighted by Crippen LogP contribution is -2.48. The third kappa shape index (κ3) is 5.91. The topological polar surface area (TPSA) is 71.8 Å². The van der Waals surface area contributed by atoms with E-state index >= 15 is 0 Å². The standard InChI is InChI=1S/C24H29BrN2O4/c25-18-6-8-20(9-7-18)30-16-21-10-11-22(31-21)24(29)27-14-12-19(13-15-27)26-23(28)17-4-2-1-3-5-17/h6-11,17,19H,1-5,12-16H2,(H,26,28). The summed E-state index contributed by atoms with van der Waals surface area (Å²) in [5.74, 6) is 1.96. The van der Waals surface area contributed by atoms with Gasteiger partial charge >= 0.3 is 0 Å². The molecule has 1 aliphatic carbocycles. The van der Waals surface area contributed by atoms with Crippen LogP contribution in [-0.2, 0) is 11.4 Å². The van der Waals surface area contributed by atoms with E-state index in [-0.39, 0.29) is 30.4 Å². The Morgan fingerprint density at radius 2 is 1.71 bits per heavy atom. The van der Waals surface area contributed by atoms with Crippen molar-refractivity contribution >= 4 is 27.7 Å². The monoisotopic (exact) mass is 488 g/mol. The molecule has 0 radical (unpaired) electrons. The van der Waals surface area contributed by atoms with Crippen molar-refractivity contribution in [3.05, 3.63) is 52.4 Å². The first-order valence-corrected chi connectivity index (χ1v) is 11.9. The summed E-state index contributed by atoms with van der Waals surface area (Å²) in [7, 11) is 0. The highest BCUT2D eigenvalue weighted by Crippen LogP contribution is 2.25. The van der Waals surface area contributed by atoms with E-state index in [1.54, 1.807) is 12.1 Å². The van der Waals surface area contributed by atoms with Crippen LogP contribution in [-0.4, -0.2) is 35.8 Å². The lowest BCUT2D eigenvalue weighted by molar-refractivity contribution is -0.126. The number of carbonyl (C=O) groups is 2. The second-order valence-corrected chi connectivity index (χ2v) is 9.33. The van der Waals surface area contributed by atoms with Gasteiger partial charge in [0.15, 0.2) is 5.76 Å². The van der Waals surface area contributed by atoms with Gasteiger partial charge in [0.05, 0.1) is 0 Å². The third-order valence-corrected chi connectivity index (χ3v) is 6.70. The molecule has 1 saturated carbocycles. The van der Waals surface area contributed by atoms with Gasteiger partial charge in [0, 0.05) is 29.5 Å². The number of halogens is 1. The van der Waals surface area contributed by atoms with Gasteiger partial charge in [-0.2, -0.15) is 0 Å². The number of nitrogens with zero attached hydrogens (tertiary/aromatic N) is 1. The maximum Gasteiger partial charge on any atom is 0.289 e. The minimum atomic E-state index is -0.105. The summed E-state index contributed by atoms with van der Waals surface area (Å²) in [6.45, 7) is 1.52. The summed E-state index contributed by atoms with van der Waals surface area (Å²) in [4.78, 5) is 27.1. The van der Waals surface area contributed by atoms with Crippen LogP contribution in [0.5, 0.6) is 5.75 Å². The van der Waals surface area contributed by atoms with E-state index in [9.17, 15) is 9.59 Å². The van der Waals surface area contributed by atoms with Crippen LogP contribution in [0.15, 0.2) is 45.3 Å². The molecule has 31 heavy (non-hydrogen) atoms. The van der Waals surface area contributed by atoms with E-state index < -0.39 is 0 Å². The summed E-state index contributed by atoms with van der Waals surface area (Å²) in [5, 5.41) is 3.21. The average molecular weight is 489 g/mol. The van der Waals surface area contributed by atoms with Crippen molar-refractivity contribution in [1.82, 2.24) is 10.2 Å². The predicted octanol–water partition coefficient (Wildman–Crippen LogP) is 4.92. The molecule has 1 N–H and O–H groups in total. The molecule has 0 unspecified atom stereocenters. The van der Waals surface area contributed by atoms with Gasteiger partial charge in [-0.05, 0) is 62.1 Å². The number of ether oxygens (including phenoxy) is 1. The van der Waals surface area contributed by atoms with Gasteiger partial charge in [-0.15, -0.1) is 0 Å². The fourth-order valence-corrected chi connectivity index (χ4v) is 4.59. The molecule has 1 saturated heterocycles. The summed E-state index contributed by atoms with van der Waals surface area (Å²) >= 11 is 3.40. The van der Waals surface area contributed by atoms with E-state index in [4.69, 9.17) is 9.15 Å². The number of rotatable bonds is 6. The molecule has 0 atom stereocenters. The highest BCUT2D eigenvalue weighted by Gasteiger charge is 2.28. The maximum atomic E-state index is 12.8. The molecule has 2 fully saturated rings. The second kappa shape index (κ2) is 10.4. The zero-order chi connectivity index (χ0) is 21.6. The molecule has 1 aliphatic heterocycles. The van der Waals surface area contributed by atoms with E-state index in [1.165, 1.54) is 6.42 Å². The Labute approximate surface area is 191 Å². The normalized spacial score (nSPS) is 18.0. The van der Waals surface area contributed by atoms with Crippen molar-refractivity contribution < 1.29 is 18.7 Å². The fourth-order valence-electron chi connectivity index (χ4n) is 4.32. The van der Waals surface area contributed by atoms with Gasteiger partial charge in [0.2, 0.25) is 5.91 Å². The Bertz CT molecular complexity index is 881. The first-order chi connectivity index (χ1) is 15.1. The number of furan rings is 1. The van der Waals surface area contributed by atoms with Gasteiger partial charge < -0.3 is 19.4 Å². The molecule has 0 spiro atoms. The third-order valence-electron chi connectivity index (χ3n) is 6.17. The van der Waals surface area contributed by atoms with Gasteiger partial charge in [0.1, 0.15) is 18.1 Å². The minimum absolute atomic E-state index is 0.105. The SMILES string of the molecule is O=C(NC1CCN(C(=O)c2ccc(COc3ccc(Br)cc3)o2)CC1)C1CCCCC1. The predicted molar refractivity (Wildman–Crippen MR) is 121 cm³/mol. The van der Waals surface area contributed by atoms with E-state index in [1.807, 2.05) is 29.2 Å². The number of amides is 2. The number of piperidine rings is 1. The number of hydrogen-bond donors (Lipinski definition) is 1. The highest BCUT2D eigenvalue weighted by atomic mass is 79.9. The van der Waals surface area contributed by atoms with Crippen LogP contribution in [0.25, 0.3) is 0 Å². The first kappa shape index (κ1) is 21.9. The molecule has 2 amide bonds. The van der Waals surface area contributed by atoms with Crippen LogP contribution in [0, 0.1) is 5.92 Å². The molecule has 166 valence electrons. The Morgan fingerprint density at radius 3 is 2.42 bits per heavy atom. The lowest BCUT2D eigenvalue weighted by atomic mass is 9.88. The van der Waals surface area contributed by atoms with Crippen LogP contribution in [0.1, 0.15) is 61.3 Å². The molecule has 1 aromatic carbocycles. The van der Waals surface area contributed by atoms with Crippen molar-refractivity contribution in [2.45, 2.75) is 57.6 Å². The zero-order valence-corrected chi connectivity index (χ0v) is 19.2. The molecule has 2 aromatic rings. The molecule has 6 nitrogen and oxygen atoms in total. The molecule has 2 heterocycles. The van der Waals surface area contributed by atoms with E-state index in [2.05, 4.69) is 21.2 Å². The number of hydrogen-bond acceptors (Lipinski definition) is 4. The largest absolute Gasteiger partial charge is 0.486 e. The number of carbonyl (C=O) groups excluding carboxylic acids is 2. The quantitative estimate of drug-likeness (QED) is 0.625. The summed E-state index contributed by atoms with van der Waals surface area (Å²) < 4.78 is 12.4. The number of benzene rings is 1. The summed E-state index contributed by atoms with van der Waals surface area (Å²) in [5.41, 5.74) is 0. The molecular formula is C24H29BrN2O4. The maximum absolute atomic E-state index is 12.8. The molecule has 7 heteroatoms. The van der Waals surface area contributed by atoms with E-state index in [0.717, 1.165) is 48.7 Å². The van der Waals surface area contributed by atoms with Crippen molar-refractivity contribution in [1.29, 1.82) is 0 Å². The Hall–Kier alpha value is -2.28. The molecule has 2 aliphatic rings. The smallest absolute Gasteiger partial charge is 0.289 e. The van der Waals surface area contributed by atoms with Gasteiger partial charge in [-0.25, -0.2) is 0 Å². The van der Waals surface area contributed by atoms with Gasteiger partial charge in [0.25, 0.3) is 5.91 Å². The zero-order valence-electron chi connectivity index (χ0n) is 17.6. The Morgan fingerprint density at radius 1 is 1.00 bits per heavy atom. The first-order valence-electron chi connectivity index (χ1n) is 11.2. The number of nitrogens with one attached hydrogen (secondary N) is 1. The van der Waals surface area contributed by atoms with Crippen molar-refractivity contribution in [3.63, 3.8) is 0 Å². The highest BCUT2D eigenvalue weighted by molar-refractivity contribution is 9.10. The average Bonchev–Trinajstić information content (AvgIpc) is 3.28. The minimum Gasteiger partial charge on any atom is -0.486 e. The number of likely N-dealkylation sites (tertiary alicyclic amines) is 1.